The molecule has 5 heteroatoms. The molecule has 16 heavy (non-hydrogen) atoms. The fourth-order valence-electron chi connectivity index (χ4n) is 2.22. The van der Waals surface area contributed by atoms with Crippen LogP contribution in [-0.2, 0) is 4.74 Å². The Morgan fingerprint density at radius 2 is 2.44 bits per heavy atom. The molecular formula is C11H17ClN2OS. The van der Waals surface area contributed by atoms with E-state index in [0.29, 0.717) is 0 Å². The molecule has 0 spiro atoms. The zero-order chi connectivity index (χ0) is 11.6. The Kier molecular flexibility index (Phi) is 3.87. The quantitative estimate of drug-likeness (QED) is 0.649. The highest BCUT2D eigenvalue weighted by molar-refractivity contribution is 7.10. The number of hydrazine groups is 1. The number of halogens is 1. The van der Waals surface area contributed by atoms with Crippen LogP contribution < -0.4 is 11.3 Å². The molecule has 0 bridgehead atoms. The van der Waals surface area contributed by atoms with Gasteiger partial charge in [-0.1, -0.05) is 11.6 Å². The van der Waals surface area contributed by atoms with Crippen molar-refractivity contribution in [2.75, 3.05) is 6.61 Å². The maximum Gasteiger partial charge on any atom is 0.0869 e. The van der Waals surface area contributed by atoms with Crippen LogP contribution in [0, 0.1) is 0 Å². The van der Waals surface area contributed by atoms with E-state index in [2.05, 4.69) is 12.3 Å². The molecule has 0 radical (unpaired) electrons. The van der Waals surface area contributed by atoms with Crippen molar-refractivity contribution in [3.8, 4) is 0 Å². The van der Waals surface area contributed by atoms with E-state index < -0.39 is 0 Å². The highest BCUT2D eigenvalue weighted by atomic mass is 35.5. The highest BCUT2D eigenvalue weighted by Crippen LogP contribution is 2.40. The number of nitrogens with two attached hydrogens (primary N) is 1. The van der Waals surface area contributed by atoms with Crippen LogP contribution in [0.3, 0.4) is 0 Å². The Morgan fingerprint density at radius 1 is 1.62 bits per heavy atom. The van der Waals surface area contributed by atoms with E-state index >= 15 is 0 Å². The summed E-state index contributed by atoms with van der Waals surface area (Å²) in [5, 5.41) is 2.75. The van der Waals surface area contributed by atoms with Gasteiger partial charge in [-0.05, 0) is 37.6 Å². The molecule has 0 saturated carbocycles. The van der Waals surface area contributed by atoms with Gasteiger partial charge in [-0.25, -0.2) is 5.43 Å². The van der Waals surface area contributed by atoms with Crippen molar-refractivity contribution in [1.29, 1.82) is 0 Å². The summed E-state index contributed by atoms with van der Waals surface area (Å²) in [6, 6.07) is 1.87. The third-order valence-electron chi connectivity index (χ3n) is 3.18. The summed E-state index contributed by atoms with van der Waals surface area (Å²) >= 11 is 7.77. The van der Waals surface area contributed by atoms with E-state index in [0.717, 1.165) is 29.3 Å². The fourth-order valence-corrected chi connectivity index (χ4v) is 3.59. The van der Waals surface area contributed by atoms with Crippen LogP contribution in [0.5, 0.6) is 0 Å². The predicted molar refractivity (Wildman–Crippen MR) is 67.6 cm³/mol. The Morgan fingerprint density at radius 3 is 2.94 bits per heavy atom. The van der Waals surface area contributed by atoms with Crippen molar-refractivity contribution in [3.63, 3.8) is 0 Å². The molecule has 90 valence electrons. The van der Waals surface area contributed by atoms with Crippen LogP contribution in [0.15, 0.2) is 11.4 Å². The first kappa shape index (κ1) is 12.3. The third kappa shape index (κ3) is 2.26. The minimum absolute atomic E-state index is 0.0275. The zero-order valence-corrected chi connectivity index (χ0v) is 10.9. The molecule has 0 amide bonds. The minimum atomic E-state index is -0.249. The molecule has 0 aliphatic carbocycles. The van der Waals surface area contributed by atoms with Crippen LogP contribution in [0.1, 0.15) is 37.1 Å². The number of rotatable bonds is 3. The zero-order valence-electron chi connectivity index (χ0n) is 9.33. The first-order valence-electron chi connectivity index (χ1n) is 5.50. The number of hydrogen-bond donors (Lipinski definition) is 2. The molecular weight excluding hydrogens is 244 g/mol. The second-order valence-electron chi connectivity index (χ2n) is 4.35. The SMILES string of the molecule is CC1(C(NN)c2sccc2Cl)CCCCO1. The summed E-state index contributed by atoms with van der Waals surface area (Å²) in [6.45, 7) is 2.91. The number of hydrogen-bond acceptors (Lipinski definition) is 4. The molecule has 2 atom stereocenters. The van der Waals surface area contributed by atoms with E-state index in [4.69, 9.17) is 22.2 Å². The Labute approximate surface area is 105 Å². The molecule has 1 aliphatic heterocycles. The van der Waals surface area contributed by atoms with Gasteiger partial charge in [0.05, 0.1) is 16.7 Å². The molecule has 1 aliphatic rings. The second kappa shape index (κ2) is 5.02. The van der Waals surface area contributed by atoms with Gasteiger partial charge in [-0.15, -0.1) is 11.3 Å². The fraction of sp³-hybridized carbons (Fsp3) is 0.636. The topological polar surface area (TPSA) is 47.3 Å². The summed E-state index contributed by atoms with van der Waals surface area (Å²) in [5.41, 5.74) is 2.61. The molecule has 2 heterocycles. The lowest BCUT2D eigenvalue weighted by Crippen LogP contribution is -2.48. The summed E-state index contributed by atoms with van der Waals surface area (Å²) in [5.74, 6) is 5.67. The standard InChI is InChI=1S/C11H17ClN2OS/c1-11(5-2-3-6-15-11)10(14-13)9-8(12)4-7-16-9/h4,7,10,14H,2-3,5-6,13H2,1H3. The molecule has 3 N–H and O–H groups in total. The summed E-state index contributed by atoms with van der Waals surface area (Å²) in [4.78, 5) is 1.06. The lowest BCUT2D eigenvalue weighted by molar-refractivity contribution is -0.0891. The van der Waals surface area contributed by atoms with Gasteiger partial charge in [0.25, 0.3) is 0 Å². The van der Waals surface area contributed by atoms with Crippen LogP contribution in [0.2, 0.25) is 5.02 Å². The van der Waals surface area contributed by atoms with Crippen LogP contribution >= 0.6 is 22.9 Å². The molecule has 1 aromatic heterocycles. The number of nitrogens with one attached hydrogen (secondary N) is 1. The summed E-state index contributed by atoms with van der Waals surface area (Å²) in [6.07, 6.45) is 3.32. The van der Waals surface area contributed by atoms with Gasteiger partial charge in [0.1, 0.15) is 0 Å². The van der Waals surface area contributed by atoms with Gasteiger partial charge >= 0.3 is 0 Å². The van der Waals surface area contributed by atoms with Crippen LogP contribution in [0.25, 0.3) is 0 Å². The Hall–Kier alpha value is -0.130. The van der Waals surface area contributed by atoms with Gasteiger partial charge in [0.15, 0.2) is 0 Å². The first-order valence-corrected chi connectivity index (χ1v) is 6.76. The highest BCUT2D eigenvalue weighted by Gasteiger charge is 2.38. The molecule has 0 aromatic carbocycles. The normalized spacial score (nSPS) is 27.9. The minimum Gasteiger partial charge on any atom is -0.373 e. The van der Waals surface area contributed by atoms with Crippen molar-refractivity contribution in [2.45, 2.75) is 37.8 Å². The van der Waals surface area contributed by atoms with E-state index in [1.54, 1.807) is 11.3 Å². The lowest BCUT2D eigenvalue weighted by atomic mass is 9.87. The van der Waals surface area contributed by atoms with Crippen molar-refractivity contribution >= 4 is 22.9 Å². The van der Waals surface area contributed by atoms with Crippen molar-refractivity contribution in [1.82, 2.24) is 5.43 Å². The van der Waals surface area contributed by atoms with Gasteiger partial charge in [0.2, 0.25) is 0 Å². The Balaban J connectivity index is 2.24. The molecule has 1 aromatic rings. The third-order valence-corrected chi connectivity index (χ3v) is 4.61. The molecule has 1 saturated heterocycles. The van der Waals surface area contributed by atoms with Crippen LogP contribution in [-0.4, -0.2) is 12.2 Å². The second-order valence-corrected chi connectivity index (χ2v) is 5.71. The Bertz CT molecular complexity index is 350. The van der Waals surface area contributed by atoms with E-state index in [1.165, 1.54) is 6.42 Å². The monoisotopic (exact) mass is 260 g/mol. The molecule has 1 fully saturated rings. The largest absolute Gasteiger partial charge is 0.373 e. The molecule has 3 nitrogen and oxygen atoms in total. The summed E-state index contributed by atoms with van der Waals surface area (Å²) in [7, 11) is 0. The smallest absolute Gasteiger partial charge is 0.0869 e. The number of thiophene rings is 1. The maximum atomic E-state index is 6.15. The number of ether oxygens (including phenoxy) is 1. The molecule has 2 rings (SSSR count). The van der Waals surface area contributed by atoms with Gasteiger partial charge in [-0.3, -0.25) is 5.84 Å². The molecule has 2 unspecified atom stereocenters. The van der Waals surface area contributed by atoms with Gasteiger partial charge in [0, 0.05) is 11.5 Å². The van der Waals surface area contributed by atoms with Crippen molar-refractivity contribution in [2.24, 2.45) is 5.84 Å². The van der Waals surface area contributed by atoms with Gasteiger partial charge in [-0.2, -0.15) is 0 Å². The van der Waals surface area contributed by atoms with E-state index in [9.17, 15) is 0 Å². The average Bonchev–Trinajstić information content (AvgIpc) is 2.67. The average molecular weight is 261 g/mol. The maximum absolute atomic E-state index is 6.15. The van der Waals surface area contributed by atoms with Gasteiger partial charge < -0.3 is 4.74 Å². The first-order chi connectivity index (χ1) is 7.67. The van der Waals surface area contributed by atoms with Crippen LogP contribution in [0.4, 0.5) is 0 Å². The van der Waals surface area contributed by atoms with E-state index in [1.807, 2.05) is 11.4 Å². The lowest BCUT2D eigenvalue weighted by Gasteiger charge is -2.40. The van der Waals surface area contributed by atoms with E-state index in [-0.39, 0.29) is 11.6 Å². The van der Waals surface area contributed by atoms with Crippen molar-refractivity contribution in [3.05, 3.63) is 21.3 Å². The van der Waals surface area contributed by atoms with Crippen molar-refractivity contribution < 1.29 is 4.74 Å². The summed E-state index contributed by atoms with van der Waals surface area (Å²) < 4.78 is 5.90. The predicted octanol–water partition coefficient (Wildman–Crippen LogP) is 2.87.